The van der Waals surface area contributed by atoms with E-state index in [1.165, 1.54) is 21.1 Å². The van der Waals surface area contributed by atoms with E-state index in [2.05, 4.69) is 5.09 Å². The van der Waals surface area contributed by atoms with Crippen LogP contribution in [0.4, 0.5) is 0 Å². The van der Waals surface area contributed by atoms with E-state index in [9.17, 15) is 18.9 Å². The average molecular weight is 531 g/mol. The number of hydrogen-bond acceptors (Lipinski definition) is 11. The lowest BCUT2D eigenvalue weighted by Gasteiger charge is -2.45. The number of ether oxygens (including phenoxy) is 5. The van der Waals surface area contributed by atoms with E-state index in [1.54, 1.807) is 0 Å². The van der Waals surface area contributed by atoms with Gasteiger partial charge in [0.1, 0.15) is 24.5 Å². The van der Waals surface area contributed by atoms with Gasteiger partial charge in [-0.1, -0.05) is 17.7 Å². The molecular formula is C23H34NO11P. The van der Waals surface area contributed by atoms with Crippen molar-refractivity contribution in [3.63, 3.8) is 0 Å². The van der Waals surface area contributed by atoms with Gasteiger partial charge >= 0.3 is 25.7 Å². The van der Waals surface area contributed by atoms with Gasteiger partial charge in [0.2, 0.25) is 6.29 Å². The van der Waals surface area contributed by atoms with Crippen molar-refractivity contribution in [3.8, 4) is 5.75 Å². The van der Waals surface area contributed by atoms with E-state index >= 15 is 0 Å². The molecule has 1 aromatic carbocycles. The SMILES string of the molecule is COP(=O)(N[C@H]1[C@H](Oc2c(C)cc(C)cc2C)O[C@H](COC(C)=O)[C@@H](OC(C)=O)[C@@H]1OC(C)=O)OC. The minimum absolute atomic E-state index is 0.338. The van der Waals surface area contributed by atoms with Crippen molar-refractivity contribution in [3.05, 3.63) is 28.8 Å². The summed E-state index contributed by atoms with van der Waals surface area (Å²) < 4.78 is 51.5. The Hall–Kier alpha value is -2.50. The Morgan fingerprint density at radius 3 is 1.92 bits per heavy atom. The zero-order valence-corrected chi connectivity index (χ0v) is 22.6. The van der Waals surface area contributed by atoms with Crippen LogP contribution >= 0.6 is 7.75 Å². The zero-order valence-electron chi connectivity index (χ0n) is 21.7. The number of rotatable bonds is 10. The van der Waals surface area contributed by atoms with Crippen LogP contribution in [0.15, 0.2) is 12.1 Å². The normalized spacial score (nSPS) is 24.1. The Labute approximate surface area is 210 Å². The number of carbonyl (C=O) groups excluding carboxylic acids is 3. The topological polar surface area (TPSA) is 145 Å². The quantitative estimate of drug-likeness (QED) is 0.269. The van der Waals surface area contributed by atoms with E-state index in [-0.39, 0.29) is 6.61 Å². The van der Waals surface area contributed by atoms with Gasteiger partial charge in [-0.05, 0) is 31.9 Å². The molecule has 0 aliphatic carbocycles. The Kier molecular flexibility index (Phi) is 10.4. The van der Waals surface area contributed by atoms with Crippen LogP contribution in [0.3, 0.4) is 0 Å². The molecule has 13 heteroatoms. The Bertz CT molecular complexity index is 983. The number of hydrogen-bond donors (Lipinski definition) is 1. The van der Waals surface area contributed by atoms with Gasteiger partial charge < -0.3 is 32.7 Å². The number of nitrogens with one attached hydrogen (secondary N) is 1. The van der Waals surface area contributed by atoms with Crippen LogP contribution in [0, 0.1) is 20.8 Å². The number of aryl methyl sites for hydroxylation is 3. The molecule has 1 N–H and O–H groups in total. The van der Waals surface area contributed by atoms with Crippen LogP contribution < -0.4 is 9.82 Å². The molecule has 1 aliphatic rings. The second-order valence-corrected chi connectivity index (χ2v) is 10.3. The molecule has 5 atom stereocenters. The summed E-state index contributed by atoms with van der Waals surface area (Å²) in [6.45, 7) is 8.82. The van der Waals surface area contributed by atoms with E-state index in [0.29, 0.717) is 5.75 Å². The molecule has 36 heavy (non-hydrogen) atoms. The van der Waals surface area contributed by atoms with E-state index in [4.69, 9.17) is 32.7 Å². The summed E-state index contributed by atoms with van der Waals surface area (Å²) in [4.78, 5) is 35.5. The molecule has 0 unspecified atom stereocenters. The summed E-state index contributed by atoms with van der Waals surface area (Å²) in [5.41, 5.74) is 2.60. The van der Waals surface area contributed by atoms with Gasteiger partial charge in [-0.3, -0.25) is 14.4 Å². The summed E-state index contributed by atoms with van der Waals surface area (Å²) in [7, 11) is -1.61. The van der Waals surface area contributed by atoms with Crippen molar-refractivity contribution in [1.82, 2.24) is 5.09 Å². The smallest absolute Gasteiger partial charge is 0.405 e. The lowest BCUT2D eigenvalue weighted by molar-refractivity contribution is -0.255. The van der Waals surface area contributed by atoms with Crippen molar-refractivity contribution < 1.29 is 51.7 Å². The number of benzene rings is 1. The minimum Gasteiger partial charge on any atom is -0.463 e. The molecule has 1 aromatic rings. The molecule has 0 spiro atoms. The lowest BCUT2D eigenvalue weighted by atomic mass is 9.96. The molecule has 0 amide bonds. The third kappa shape index (κ3) is 7.75. The maximum absolute atomic E-state index is 13.1. The minimum atomic E-state index is -3.94. The van der Waals surface area contributed by atoms with Crippen LogP contribution in [0.1, 0.15) is 37.5 Å². The molecule has 1 saturated heterocycles. The van der Waals surface area contributed by atoms with Gasteiger partial charge in [-0.15, -0.1) is 0 Å². The van der Waals surface area contributed by atoms with Crippen molar-refractivity contribution in [2.45, 2.75) is 72.2 Å². The van der Waals surface area contributed by atoms with Crippen molar-refractivity contribution in [2.24, 2.45) is 0 Å². The fourth-order valence-electron chi connectivity index (χ4n) is 3.97. The molecule has 1 fully saturated rings. The lowest BCUT2D eigenvalue weighted by Crippen LogP contribution is -2.66. The monoisotopic (exact) mass is 531 g/mol. The largest absolute Gasteiger partial charge is 0.463 e. The first-order valence-corrected chi connectivity index (χ1v) is 12.7. The first-order valence-electron chi connectivity index (χ1n) is 11.2. The highest BCUT2D eigenvalue weighted by atomic mass is 31.2. The maximum atomic E-state index is 13.1. The third-order valence-corrected chi connectivity index (χ3v) is 6.90. The zero-order chi connectivity index (χ0) is 27.2. The summed E-state index contributed by atoms with van der Waals surface area (Å²) >= 11 is 0. The van der Waals surface area contributed by atoms with Gasteiger partial charge in [0.25, 0.3) is 0 Å². The fraction of sp³-hybridized carbons (Fsp3) is 0.609. The molecule has 1 heterocycles. The van der Waals surface area contributed by atoms with E-state index in [0.717, 1.165) is 30.5 Å². The number of carbonyl (C=O) groups is 3. The molecule has 2 rings (SSSR count). The average Bonchev–Trinajstić information content (AvgIpc) is 2.77. The molecule has 0 bridgehead atoms. The molecule has 1 aliphatic heterocycles. The molecule has 202 valence electrons. The fourth-order valence-corrected chi connectivity index (χ4v) is 4.97. The van der Waals surface area contributed by atoms with E-state index in [1.807, 2.05) is 32.9 Å². The summed E-state index contributed by atoms with van der Waals surface area (Å²) in [5.74, 6) is -1.56. The summed E-state index contributed by atoms with van der Waals surface area (Å²) in [5, 5.41) is 2.68. The predicted molar refractivity (Wildman–Crippen MR) is 126 cm³/mol. The van der Waals surface area contributed by atoms with Crippen molar-refractivity contribution >= 4 is 25.7 Å². The highest BCUT2D eigenvalue weighted by Gasteiger charge is 2.53. The molecule has 0 saturated carbocycles. The second kappa shape index (κ2) is 12.6. The van der Waals surface area contributed by atoms with Gasteiger partial charge in [0, 0.05) is 35.0 Å². The van der Waals surface area contributed by atoms with Gasteiger partial charge in [-0.25, -0.2) is 9.65 Å². The molecular weight excluding hydrogens is 497 g/mol. The van der Waals surface area contributed by atoms with Crippen LogP contribution in [-0.2, 0) is 46.9 Å². The third-order valence-electron chi connectivity index (χ3n) is 5.33. The highest BCUT2D eigenvalue weighted by molar-refractivity contribution is 7.51. The standard InChI is InChI=1S/C23H34NO11P/c1-12-9-13(2)20(14(3)10-12)35-23-19(24-36(28,29-7)30-8)22(33-17(6)27)21(32-16(5)26)18(34-23)11-31-15(4)25/h9-10,18-19,21-23H,11H2,1-8H3,(H,24,28)/t18-,19-,21-,22-,23+/m1/s1. The summed E-state index contributed by atoms with van der Waals surface area (Å²) in [6, 6.07) is 2.60. The Morgan fingerprint density at radius 1 is 0.917 bits per heavy atom. The molecule has 12 nitrogen and oxygen atoms in total. The second-order valence-electron chi connectivity index (χ2n) is 8.36. The molecule has 0 aromatic heterocycles. The van der Waals surface area contributed by atoms with E-state index < -0.39 is 56.3 Å². The van der Waals surface area contributed by atoms with Gasteiger partial charge in [0.15, 0.2) is 12.2 Å². The highest BCUT2D eigenvalue weighted by Crippen LogP contribution is 2.44. The van der Waals surface area contributed by atoms with Crippen molar-refractivity contribution in [2.75, 3.05) is 20.8 Å². The van der Waals surface area contributed by atoms with Gasteiger partial charge in [0.05, 0.1) is 0 Å². The van der Waals surface area contributed by atoms with Crippen LogP contribution in [0.25, 0.3) is 0 Å². The first-order chi connectivity index (χ1) is 16.8. The van der Waals surface area contributed by atoms with Gasteiger partial charge in [-0.2, -0.15) is 0 Å². The number of esters is 3. The van der Waals surface area contributed by atoms with Crippen LogP contribution in [-0.4, -0.2) is 69.4 Å². The summed E-state index contributed by atoms with van der Waals surface area (Å²) in [6.07, 6.45) is -4.93. The van der Waals surface area contributed by atoms with Crippen LogP contribution in [0.2, 0.25) is 0 Å². The first kappa shape index (κ1) is 29.7. The van der Waals surface area contributed by atoms with Crippen LogP contribution in [0.5, 0.6) is 5.75 Å². The Morgan fingerprint density at radius 2 is 1.44 bits per heavy atom. The molecule has 0 radical (unpaired) electrons. The Balaban J connectivity index is 2.62. The van der Waals surface area contributed by atoms with Crippen molar-refractivity contribution in [1.29, 1.82) is 0 Å². The maximum Gasteiger partial charge on any atom is 0.405 e. The predicted octanol–water partition coefficient (Wildman–Crippen LogP) is 2.50.